The van der Waals surface area contributed by atoms with Crippen molar-refractivity contribution < 1.29 is 14.0 Å². The van der Waals surface area contributed by atoms with Crippen molar-refractivity contribution in [1.82, 2.24) is 20.4 Å². The molecule has 7 nitrogen and oxygen atoms in total. The number of nitrogens with one attached hydrogen (secondary N) is 2. The van der Waals surface area contributed by atoms with Crippen LogP contribution in [-0.4, -0.2) is 27.1 Å². The van der Waals surface area contributed by atoms with Crippen LogP contribution in [0.1, 0.15) is 9.67 Å². The lowest BCUT2D eigenvalue weighted by atomic mass is 10.2. The molecule has 0 radical (unpaired) electrons. The van der Waals surface area contributed by atoms with Gasteiger partial charge >= 0.3 is 0 Å². The normalized spacial score (nSPS) is 10.8. The Morgan fingerprint density at radius 2 is 1.94 bits per heavy atom. The summed E-state index contributed by atoms with van der Waals surface area (Å²) in [5, 5.41) is 2.19. The van der Waals surface area contributed by atoms with Crippen molar-refractivity contribution in [1.29, 1.82) is 0 Å². The summed E-state index contributed by atoms with van der Waals surface area (Å²) in [7, 11) is 0. The molecule has 4 aromatic rings. The van der Waals surface area contributed by atoms with E-state index in [1.807, 2.05) is 0 Å². The summed E-state index contributed by atoms with van der Waals surface area (Å²) in [6.07, 6.45) is 0. The molecular formula is C21H14ClFN4O3S2. The number of hydrazine groups is 1. The molecule has 32 heavy (non-hydrogen) atoms. The van der Waals surface area contributed by atoms with Crippen molar-refractivity contribution in [3.05, 3.63) is 86.0 Å². The van der Waals surface area contributed by atoms with Gasteiger partial charge in [-0.3, -0.25) is 29.8 Å². The van der Waals surface area contributed by atoms with Gasteiger partial charge in [-0.05, 0) is 41.8 Å². The van der Waals surface area contributed by atoms with E-state index in [1.54, 1.807) is 41.8 Å². The van der Waals surface area contributed by atoms with Crippen LogP contribution in [0.25, 0.3) is 16.6 Å². The van der Waals surface area contributed by atoms with Crippen molar-refractivity contribution in [3.8, 4) is 5.69 Å². The molecule has 4 rings (SSSR count). The Morgan fingerprint density at radius 1 is 1.12 bits per heavy atom. The third kappa shape index (κ3) is 4.67. The number of hydrogen-bond acceptors (Lipinski definition) is 6. The molecule has 0 aliphatic carbocycles. The fourth-order valence-corrected chi connectivity index (χ4v) is 4.43. The first-order chi connectivity index (χ1) is 15.4. The van der Waals surface area contributed by atoms with Crippen LogP contribution in [-0.2, 0) is 4.79 Å². The zero-order valence-corrected chi connectivity index (χ0v) is 18.6. The van der Waals surface area contributed by atoms with Gasteiger partial charge in [-0.15, -0.1) is 11.3 Å². The molecule has 0 bridgehead atoms. The summed E-state index contributed by atoms with van der Waals surface area (Å²) in [6.45, 7) is 0. The maximum absolute atomic E-state index is 13.6. The Kier molecular flexibility index (Phi) is 6.54. The number of fused-ring (bicyclic) bond motifs is 1. The molecule has 0 aliphatic rings. The van der Waals surface area contributed by atoms with Crippen LogP contribution in [0.15, 0.2) is 69.9 Å². The number of benzene rings is 2. The SMILES string of the molecule is O=C(CSc1nc2ccccc2c(=O)n1-c1ccc(F)c(Cl)c1)NNC(=O)c1cccs1. The number of para-hydroxylation sites is 1. The molecule has 0 saturated heterocycles. The smallest absolute Gasteiger partial charge is 0.272 e. The summed E-state index contributed by atoms with van der Waals surface area (Å²) in [6, 6.07) is 14.0. The largest absolute Gasteiger partial charge is 0.279 e. The van der Waals surface area contributed by atoms with E-state index in [-0.39, 0.29) is 21.5 Å². The fourth-order valence-electron chi connectivity index (χ4n) is 2.82. The Bertz CT molecular complexity index is 1380. The average Bonchev–Trinajstić information content (AvgIpc) is 3.33. The standard InChI is InChI=1S/C21H14ClFN4O3S2/c22-14-10-12(7-8-15(14)23)27-20(30)13-4-1-2-5-16(13)24-21(27)32-11-18(28)25-26-19(29)17-6-3-9-31-17/h1-10H,11H2,(H,25,28)(H,26,29). The van der Waals surface area contributed by atoms with Crippen molar-refractivity contribution in [2.24, 2.45) is 0 Å². The summed E-state index contributed by atoms with van der Waals surface area (Å²) in [5.41, 5.74) is 5.05. The molecule has 2 aromatic heterocycles. The molecule has 0 aliphatic heterocycles. The Labute approximate surface area is 194 Å². The van der Waals surface area contributed by atoms with Gasteiger partial charge in [-0.1, -0.05) is 41.6 Å². The van der Waals surface area contributed by atoms with E-state index >= 15 is 0 Å². The van der Waals surface area contributed by atoms with Gasteiger partial charge in [-0.25, -0.2) is 9.37 Å². The second-order valence-electron chi connectivity index (χ2n) is 6.42. The molecule has 11 heteroatoms. The van der Waals surface area contributed by atoms with Crippen LogP contribution in [0.5, 0.6) is 0 Å². The van der Waals surface area contributed by atoms with Gasteiger partial charge in [0.25, 0.3) is 11.5 Å². The Morgan fingerprint density at radius 3 is 2.69 bits per heavy atom. The molecule has 2 heterocycles. The second kappa shape index (κ2) is 9.51. The quantitative estimate of drug-likeness (QED) is 0.253. The molecule has 2 amide bonds. The number of thiophene rings is 1. The van der Waals surface area contributed by atoms with E-state index in [9.17, 15) is 18.8 Å². The Hall–Kier alpha value is -3.21. The highest BCUT2D eigenvalue weighted by Gasteiger charge is 2.16. The summed E-state index contributed by atoms with van der Waals surface area (Å²) >= 11 is 8.14. The first-order valence-corrected chi connectivity index (χ1v) is 11.4. The van der Waals surface area contributed by atoms with E-state index in [4.69, 9.17) is 11.6 Å². The highest BCUT2D eigenvalue weighted by molar-refractivity contribution is 7.99. The number of hydrogen-bond donors (Lipinski definition) is 2. The van der Waals surface area contributed by atoms with Crippen LogP contribution in [0.4, 0.5) is 4.39 Å². The lowest BCUT2D eigenvalue weighted by molar-refractivity contribution is -0.119. The fraction of sp³-hybridized carbons (Fsp3) is 0.0476. The van der Waals surface area contributed by atoms with E-state index < -0.39 is 17.6 Å². The van der Waals surface area contributed by atoms with Crippen LogP contribution < -0.4 is 16.4 Å². The highest BCUT2D eigenvalue weighted by atomic mass is 35.5. The van der Waals surface area contributed by atoms with E-state index in [1.165, 1.54) is 28.0 Å². The molecule has 0 atom stereocenters. The maximum atomic E-state index is 13.6. The predicted octanol–water partition coefficient (Wildman–Crippen LogP) is 3.79. The van der Waals surface area contributed by atoms with E-state index in [0.29, 0.717) is 21.5 Å². The lowest BCUT2D eigenvalue weighted by Gasteiger charge is -2.14. The van der Waals surface area contributed by atoms with Gasteiger partial charge in [0.05, 0.1) is 32.2 Å². The van der Waals surface area contributed by atoms with Gasteiger partial charge < -0.3 is 0 Å². The van der Waals surface area contributed by atoms with Gasteiger partial charge in [-0.2, -0.15) is 0 Å². The van der Waals surface area contributed by atoms with Crippen molar-refractivity contribution in [2.45, 2.75) is 5.16 Å². The van der Waals surface area contributed by atoms with Gasteiger partial charge in [0.2, 0.25) is 5.91 Å². The summed E-state index contributed by atoms with van der Waals surface area (Å²) in [5.74, 6) is -1.68. The summed E-state index contributed by atoms with van der Waals surface area (Å²) < 4.78 is 14.9. The molecule has 0 unspecified atom stereocenters. The van der Waals surface area contributed by atoms with Gasteiger partial charge in [0, 0.05) is 0 Å². The minimum atomic E-state index is -0.618. The van der Waals surface area contributed by atoms with Crippen LogP contribution >= 0.6 is 34.7 Å². The van der Waals surface area contributed by atoms with E-state index in [2.05, 4.69) is 15.8 Å². The molecule has 2 aromatic carbocycles. The van der Waals surface area contributed by atoms with Crippen molar-refractivity contribution >= 4 is 57.4 Å². The topological polar surface area (TPSA) is 93.1 Å². The van der Waals surface area contributed by atoms with Crippen LogP contribution in [0.3, 0.4) is 0 Å². The Balaban J connectivity index is 1.59. The second-order valence-corrected chi connectivity index (χ2v) is 8.72. The minimum absolute atomic E-state index is 0.134. The zero-order chi connectivity index (χ0) is 22.7. The first kappa shape index (κ1) is 22.0. The summed E-state index contributed by atoms with van der Waals surface area (Å²) in [4.78, 5) is 42.3. The molecule has 2 N–H and O–H groups in total. The number of carbonyl (C=O) groups is 2. The maximum Gasteiger partial charge on any atom is 0.279 e. The molecule has 162 valence electrons. The third-order valence-corrected chi connectivity index (χ3v) is 6.40. The first-order valence-electron chi connectivity index (χ1n) is 9.17. The minimum Gasteiger partial charge on any atom is -0.272 e. The monoisotopic (exact) mass is 488 g/mol. The number of nitrogens with zero attached hydrogens (tertiary/aromatic N) is 2. The van der Waals surface area contributed by atoms with E-state index in [0.717, 1.165) is 17.8 Å². The van der Waals surface area contributed by atoms with Crippen LogP contribution in [0, 0.1) is 5.82 Å². The highest BCUT2D eigenvalue weighted by Crippen LogP contribution is 2.24. The lowest BCUT2D eigenvalue weighted by Crippen LogP contribution is -2.42. The third-order valence-electron chi connectivity index (χ3n) is 4.30. The van der Waals surface area contributed by atoms with Gasteiger partial charge in [0.1, 0.15) is 5.82 Å². The number of carbonyl (C=O) groups excluding carboxylic acids is 2. The zero-order valence-electron chi connectivity index (χ0n) is 16.2. The average molecular weight is 489 g/mol. The number of halogens is 2. The molecular weight excluding hydrogens is 475 g/mol. The number of aromatic nitrogens is 2. The predicted molar refractivity (Wildman–Crippen MR) is 123 cm³/mol. The van der Waals surface area contributed by atoms with Crippen molar-refractivity contribution in [2.75, 3.05) is 5.75 Å². The molecule has 0 fully saturated rings. The molecule has 0 spiro atoms. The number of rotatable bonds is 5. The van der Waals surface area contributed by atoms with Crippen molar-refractivity contribution in [3.63, 3.8) is 0 Å². The van der Waals surface area contributed by atoms with Gasteiger partial charge in [0.15, 0.2) is 5.16 Å². The molecule has 0 saturated carbocycles. The van der Waals surface area contributed by atoms with Crippen LogP contribution in [0.2, 0.25) is 5.02 Å². The number of thioether (sulfide) groups is 1. The number of amides is 2.